The molecule has 3 amide bonds. The van der Waals surface area contributed by atoms with E-state index >= 15 is 0 Å². The molecule has 2 aliphatic rings. The zero-order valence-corrected chi connectivity index (χ0v) is 16.5. The van der Waals surface area contributed by atoms with Crippen molar-refractivity contribution >= 4 is 29.1 Å². The molecule has 4 rings (SSSR count). The summed E-state index contributed by atoms with van der Waals surface area (Å²) >= 11 is 6.28. The van der Waals surface area contributed by atoms with E-state index in [0.717, 1.165) is 23.9 Å². The Hall–Kier alpha value is -2.49. The van der Waals surface area contributed by atoms with E-state index in [0.29, 0.717) is 16.6 Å². The lowest BCUT2D eigenvalue weighted by Gasteiger charge is -2.36. The predicted octanol–water partition coefficient (Wildman–Crippen LogP) is 3.67. The van der Waals surface area contributed by atoms with Crippen molar-refractivity contribution in [2.75, 3.05) is 13.1 Å². The largest absolute Gasteiger partial charge is 0.433 e. The van der Waals surface area contributed by atoms with Crippen molar-refractivity contribution in [3.8, 4) is 0 Å². The molecule has 0 bridgehead atoms. The molecule has 0 radical (unpaired) electrons. The van der Waals surface area contributed by atoms with Crippen LogP contribution in [-0.4, -0.2) is 50.6 Å². The van der Waals surface area contributed by atoms with Gasteiger partial charge in [-0.05, 0) is 50.3 Å². The Labute approximate surface area is 169 Å². The molecule has 156 valence electrons. The molecule has 0 unspecified atom stereocenters. The van der Waals surface area contributed by atoms with E-state index < -0.39 is 23.8 Å². The summed E-state index contributed by atoms with van der Waals surface area (Å²) in [5.74, 6) is -0.689. The molecule has 11 heteroatoms. The molecule has 3 heterocycles. The summed E-state index contributed by atoms with van der Waals surface area (Å²) in [6.07, 6.45) is -3.02. The number of hydrazine groups is 1. The highest BCUT2D eigenvalue weighted by Gasteiger charge is 2.38. The van der Waals surface area contributed by atoms with Crippen LogP contribution in [-0.2, 0) is 6.18 Å². The number of alkyl halides is 3. The van der Waals surface area contributed by atoms with Crippen LogP contribution in [0.1, 0.15) is 54.4 Å². The van der Waals surface area contributed by atoms with Gasteiger partial charge in [0, 0.05) is 12.6 Å². The molecule has 1 aliphatic carbocycles. The number of rotatable bonds is 3. The lowest BCUT2D eigenvalue weighted by molar-refractivity contribution is -0.142. The second kappa shape index (κ2) is 6.79. The summed E-state index contributed by atoms with van der Waals surface area (Å²) < 4.78 is 41.4. The standard InChI is InChI=1S/C18H19ClF3N5O2/c1-9(2)25-5-6-26(24-17(25)29)16(28)15-14(19)12-7-11(10-3-4-10)8-13(18(20,21)22)27(12)23-15/h7-10H,3-6H2,1-2H3,(H,24,29). The molecule has 2 aromatic rings. The minimum atomic E-state index is -4.66. The molecular formula is C18H19ClF3N5O2. The van der Waals surface area contributed by atoms with Gasteiger partial charge in [0.15, 0.2) is 5.69 Å². The van der Waals surface area contributed by atoms with Crippen molar-refractivity contribution in [3.05, 3.63) is 34.1 Å². The third-order valence-electron chi connectivity index (χ3n) is 5.16. The molecule has 29 heavy (non-hydrogen) atoms. The number of urea groups is 1. The number of halogens is 4. The molecule has 1 saturated heterocycles. The van der Waals surface area contributed by atoms with Crippen LogP contribution < -0.4 is 5.43 Å². The van der Waals surface area contributed by atoms with Gasteiger partial charge >= 0.3 is 12.2 Å². The molecule has 0 spiro atoms. The molecule has 1 aliphatic heterocycles. The highest BCUT2D eigenvalue weighted by molar-refractivity contribution is 6.36. The van der Waals surface area contributed by atoms with Crippen LogP contribution in [0.3, 0.4) is 0 Å². The topological polar surface area (TPSA) is 69.9 Å². The van der Waals surface area contributed by atoms with Crippen LogP contribution in [0, 0.1) is 0 Å². The third-order valence-corrected chi connectivity index (χ3v) is 5.53. The van der Waals surface area contributed by atoms with Gasteiger partial charge in [-0.2, -0.15) is 18.3 Å². The minimum absolute atomic E-state index is 0.0267. The zero-order valence-electron chi connectivity index (χ0n) is 15.8. The van der Waals surface area contributed by atoms with Crippen LogP contribution in [0.25, 0.3) is 5.52 Å². The second-order valence-electron chi connectivity index (χ2n) is 7.57. The monoisotopic (exact) mass is 429 g/mol. The minimum Gasteiger partial charge on any atom is -0.319 e. The molecule has 0 aromatic carbocycles. The van der Waals surface area contributed by atoms with Gasteiger partial charge in [0.1, 0.15) is 5.69 Å². The van der Waals surface area contributed by atoms with Gasteiger partial charge < -0.3 is 4.90 Å². The van der Waals surface area contributed by atoms with Crippen LogP contribution in [0.15, 0.2) is 12.1 Å². The maximum absolute atomic E-state index is 13.6. The van der Waals surface area contributed by atoms with Crippen LogP contribution in [0.5, 0.6) is 0 Å². The number of pyridine rings is 1. The number of hydrogen-bond donors (Lipinski definition) is 1. The number of nitrogens with zero attached hydrogens (tertiary/aromatic N) is 4. The van der Waals surface area contributed by atoms with Crippen LogP contribution in [0.4, 0.5) is 18.0 Å². The molecule has 1 N–H and O–H groups in total. The highest BCUT2D eigenvalue weighted by atomic mass is 35.5. The Morgan fingerprint density at radius 3 is 2.52 bits per heavy atom. The summed E-state index contributed by atoms with van der Waals surface area (Å²) in [6, 6.07) is 2.09. The van der Waals surface area contributed by atoms with Gasteiger partial charge in [0.05, 0.1) is 17.1 Å². The molecule has 1 saturated carbocycles. The van der Waals surface area contributed by atoms with Crippen molar-refractivity contribution < 1.29 is 22.8 Å². The fourth-order valence-electron chi connectivity index (χ4n) is 3.45. The average molecular weight is 430 g/mol. The Morgan fingerprint density at radius 1 is 1.28 bits per heavy atom. The number of fused-ring (bicyclic) bond motifs is 1. The van der Waals surface area contributed by atoms with Crippen molar-refractivity contribution in [3.63, 3.8) is 0 Å². The van der Waals surface area contributed by atoms with Gasteiger partial charge in [-0.3, -0.25) is 4.79 Å². The fraction of sp³-hybridized carbons (Fsp3) is 0.500. The van der Waals surface area contributed by atoms with Crippen molar-refractivity contribution in [1.29, 1.82) is 0 Å². The van der Waals surface area contributed by atoms with Gasteiger partial charge in [0.2, 0.25) is 0 Å². The summed E-state index contributed by atoms with van der Waals surface area (Å²) in [6.45, 7) is 4.13. The predicted molar refractivity (Wildman–Crippen MR) is 98.6 cm³/mol. The summed E-state index contributed by atoms with van der Waals surface area (Å²) in [4.78, 5) is 26.6. The van der Waals surface area contributed by atoms with E-state index in [1.165, 1.54) is 0 Å². The van der Waals surface area contributed by atoms with E-state index in [1.54, 1.807) is 11.0 Å². The molecule has 2 fully saturated rings. The number of amides is 3. The van der Waals surface area contributed by atoms with Gasteiger partial charge in [-0.15, -0.1) is 0 Å². The number of nitrogens with one attached hydrogen (secondary N) is 1. The number of carbonyl (C=O) groups excluding carboxylic acids is 2. The lowest BCUT2D eigenvalue weighted by atomic mass is 10.1. The maximum atomic E-state index is 13.6. The van der Waals surface area contributed by atoms with E-state index in [9.17, 15) is 22.8 Å². The molecule has 0 atom stereocenters. The summed E-state index contributed by atoms with van der Waals surface area (Å²) in [7, 11) is 0. The number of aromatic nitrogens is 2. The van der Waals surface area contributed by atoms with Crippen LogP contribution >= 0.6 is 11.6 Å². The van der Waals surface area contributed by atoms with Crippen molar-refractivity contribution in [2.45, 2.75) is 44.8 Å². The van der Waals surface area contributed by atoms with E-state index in [2.05, 4.69) is 10.5 Å². The number of hydrogen-bond acceptors (Lipinski definition) is 3. The average Bonchev–Trinajstić information content (AvgIpc) is 3.44. The van der Waals surface area contributed by atoms with Gasteiger partial charge in [-0.25, -0.2) is 19.7 Å². The fourth-order valence-corrected chi connectivity index (χ4v) is 3.70. The summed E-state index contributed by atoms with van der Waals surface area (Å²) in [5, 5.41) is 4.73. The first kappa shape index (κ1) is 19.8. The Morgan fingerprint density at radius 2 is 1.97 bits per heavy atom. The SMILES string of the molecule is CC(C)N1CCN(C(=O)c2nn3c(C(F)(F)F)cc(C4CC4)cc3c2Cl)NC1=O. The van der Waals surface area contributed by atoms with Crippen molar-refractivity contribution in [1.82, 2.24) is 24.9 Å². The Balaban J connectivity index is 1.72. The maximum Gasteiger partial charge on any atom is 0.433 e. The Bertz CT molecular complexity index is 1000. The molecular weight excluding hydrogens is 411 g/mol. The molecule has 7 nitrogen and oxygen atoms in total. The van der Waals surface area contributed by atoms with E-state index in [4.69, 9.17) is 11.6 Å². The smallest absolute Gasteiger partial charge is 0.319 e. The second-order valence-corrected chi connectivity index (χ2v) is 7.94. The first-order chi connectivity index (χ1) is 13.6. The van der Waals surface area contributed by atoms with Crippen molar-refractivity contribution in [2.24, 2.45) is 0 Å². The summed E-state index contributed by atoms with van der Waals surface area (Å²) in [5.41, 5.74) is 1.69. The van der Waals surface area contributed by atoms with Crippen LogP contribution in [0.2, 0.25) is 5.02 Å². The quantitative estimate of drug-likeness (QED) is 0.809. The highest BCUT2D eigenvalue weighted by Crippen LogP contribution is 2.43. The normalized spacial score (nSPS) is 18.0. The lowest BCUT2D eigenvalue weighted by Crippen LogP contribution is -2.60. The Kier molecular flexibility index (Phi) is 4.64. The van der Waals surface area contributed by atoms with Gasteiger partial charge in [0.25, 0.3) is 5.91 Å². The number of carbonyl (C=O) groups is 2. The van der Waals surface area contributed by atoms with E-state index in [-0.39, 0.29) is 34.7 Å². The first-order valence-electron chi connectivity index (χ1n) is 9.26. The van der Waals surface area contributed by atoms with E-state index in [1.807, 2.05) is 13.8 Å². The zero-order chi connectivity index (χ0) is 21.1. The van der Waals surface area contributed by atoms with Gasteiger partial charge in [-0.1, -0.05) is 11.6 Å². The molecule has 2 aromatic heterocycles. The first-order valence-corrected chi connectivity index (χ1v) is 9.64. The third kappa shape index (κ3) is 3.50.